The molecule has 0 saturated carbocycles. The molecular formula is C21H18F3N5O. The summed E-state index contributed by atoms with van der Waals surface area (Å²) in [7, 11) is 0. The first-order chi connectivity index (χ1) is 14.5. The first kappa shape index (κ1) is 19.9. The molecule has 3 heterocycles. The number of rotatable bonds is 4. The van der Waals surface area contributed by atoms with Crippen LogP contribution in [0.25, 0.3) is 11.9 Å². The zero-order chi connectivity index (χ0) is 21.3. The van der Waals surface area contributed by atoms with E-state index in [1.165, 1.54) is 42.6 Å². The zero-order valence-electron chi connectivity index (χ0n) is 15.8. The van der Waals surface area contributed by atoms with Gasteiger partial charge < -0.3 is 15.8 Å². The van der Waals surface area contributed by atoms with Gasteiger partial charge in [0.05, 0.1) is 36.1 Å². The predicted molar refractivity (Wildman–Crippen MR) is 105 cm³/mol. The lowest BCUT2D eigenvalue weighted by atomic mass is 9.76. The van der Waals surface area contributed by atoms with Crippen molar-refractivity contribution in [1.29, 1.82) is 5.26 Å². The number of alkyl halides is 1. The first-order valence-electron chi connectivity index (χ1n) is 9.26. The Morgan fingerprint density at radius 3 is 2.93 bits per heavy atom. The molecule has 0 amide bonds. The Morgan fingerprint density at radius 2 is 2.23 bits per heavy atom. The summed E-state index contributed by atoms with van der Waals surface area (Å²) in [6.07, 6.45) is 1.74. The Hall–Kier alpha value is -3.38. The number of pyridine rings is 1. The lowest BCUT2D eigenvalue weighted by molar-refractivity contribution is 0.0698. The number of guanidine groups is 1. The number of nitrogens with zero attached hydrogens (tertiary/aromatic N) is 3. The van der Waals surface area contributed by atoms with Crippen LogP contribution in [0.5, 0.6) is 0 Å². The number of hydrogen-bond donors (Lipinski definition) is 2. The molecule has 9 heteroatoms. The molecule has 0 unspecified atom stereocenters. The van der Waals surface area contributed by atoms with Gasteiger partial charge in [0, 0.05) is 17.7 Å². The molecule has 6 nitrogen and oxygen atoms in total. The van der Waals surface area contributed by atoms with Gasteiger partial charge in [-0.25, -0.2) is 13.2 Å². The average molecular weight is 413 g/mol. The second-order valence-corrected chi connectivity index (χ2v) is 7.21. The topological polar surface area (TPSA) is 96.3 Å². The fraction of sp³-hybridized carbons (Fsp3) is 0.286. The van der Waals surface area contributed by atoms with Crippen LogP contribution in [0.4, 0.5) is 13.2 Å². The summed E-state index contributed by atoms with van der Waals surface area (Å²) in [5, 5.41) is 11.8. The van der Waals surface area contributed by atoms with Crippen LogP contribution in [0.1, 0.15) is 22.4 Å². The maximum absolute atomic E-state index is 14.9. The van der Waals surface area contributed by atoms with Gasteiger partial charge in [-0.15, -0.1) is 0 Å². The number of hydrogen-bond acceptors (Lipinski definition) is 6. The van der Waals surface area contributed by atoms with Gasteiger partial charge in [0.25, 0.3) is 0 Å². The minimum Gasteiger partial charge on any atom is -0.372 e. The van der Waals surface area contributed by atoms with Gasteiger partial charge in [-0.1, -0.05) is 6.07 Å². The molecule has 4 rings (SSSR count). The Bertz CT molecular complexity index is 1060. The van der Waals surface area contributed by atoms with Crippen molar-refractivity contribution in [2.24, 2.45) is 16.6 Å². The van der Waals surface area contributed by atoms with Crippen molar-refractivity contribution in [3.8, 4) is 6.07 Å². The monoisotopic (exact) mass is 413 g/mol. The van der Waals surface area contributed by atoms with E-state index in [9.17, 15) is 13.2 Å². The molecule has 2 aromatic rings. The van der Waals surface area contributed by atoms with Gasteiger partial charge in [0.2, 0.25) is 0 Å². The normalized spacial score (nSPS) is 25.8. The molecule has 2 aliphatic rings. The molecule has 0 radical (unpaired) electrons. The van der Waals surface area contributed by atoms with E-state index in [0.29, 0.717) is 11.1 Å². The van der Waals surface area contributed by atoms with Crippen molar-refractivity contribution in [1.82, 2.24) is 10.3 Å². The van der Waals surface area contributed by atoms with E-state index in [1.807, 2.05) is 6.07 Å². The first-order valence-corrected chi connectivity index (χ1v) is 9.26. The highest BCUT2D eigenvalue weighted by Gasteiger charge is 2.54. The van der Waals surface area contributed by atoms with Crippen molar-refractivity contribution in [2.75, 3.05) is 19.8 Å². The number of nitrogens with two attached hydrogens (primary N) is 1. The van der Waals surface area contributed by atoms with E-state index in [0.717, 1.165) is 0 Å². The molecule has 0 bridgehead atoms. The fourth-order valence-electron chi connectivity index (χ4n) is 3.94. The summed E-state index contributed by atoms with van der Waals surface area (Å²) in [4.78, 5) is 8.02. The van der Waals surface area contributed by atoms with Gasteiger partial charge in [-0.05, 0) is 35.9 Å². The maximum Gasteiger partial charge on any atom is 0.189 e. The van der Waals surface area contributed by atoms with Crippen molar-refractivity contribution in [3.63, 3.8) is 0 Å². The Kier molecular flexibility index (Phi) is 5.18. The molecule has 1 aromatic heterocycles. The van der Waals surface area contributed by atoms with Crippen LogP contribution in [0, 0.1) is 23.1 Å². The van der Waals surface area contributed by atoms with Crippen LogP contribution in [-0.4, -0.2) is 36.9 Å². The third-order valence-corrected chi connectivity index (χ3v) is 5.47. The van der Waals surface area contributed by atoms with E-state index in [2.05, 4.69) is 15.3 Å². The molecule has 154 valence electrons. The van der Waals surface area contributed by atoms with E-state index < -0.39 is 35.9 Å². The SMILES string of the molecule is N#Cc1ccc(/C(F)=C/c2ccc(F)c([C@]34CO[C@H](CF)[C@H]3CN=C(N)N4)c2)nc1. The summed E-state index contributed by atoms with van der Waals surface area (Å²) in [5.74, 6) is -1.54. The van der Waals surface area contributed by atoms with Gasteiger partial charge in [-0.2, -0.15) is 5.26 Å². The van der Waals surface area contributed by atoms with Crippen LogP contribution in [0.3, 0.4) is 0 Å². The van der Waals surface area contributed by atoms with E-state index in [-0.39, 0.29) is 30.4 Å². The van der Waals surface area contributed by atoms with Crippen molar-refractivity contribution >= 4 is 17.9 Å². The minimum atomic E-state index is -1.10. The third-order valence-electron chi connectivity index (χ3n) is 5.47. The highest BCUT2D eigenvalue weighted by Crippen LogP contribution is 2.42. The third kappa shape index (κ3) is 3.39. The molecule has 30 heavy (non-hydrogen) atoms. The number of halogens is 3. The highest BCUT2D eigenvalue weighted by molar-refractivity contribution is 5.80. The van der Waals surface area contributed by atoms with Crippen LogP contribution in [0.2, 0.25) is 0 Å². The summed E-state index contributed by atoms with van der Waals surface area (Å²) in [6.45, 7) is -0.535. The molecule has 3 atom stereocenters. The standard InChI is InChI=1S/C21H18F3N5O/c22-7-19-15-10-28-20(26)29-21(15,11-30-19)14-5-12(1-3-16(14)23)6-17(24)18-4-2-13(8-25)9-27-18/h1-6,9,15,19H,7,10-11H2,(H3,26,28,29)/b17-6-/t15-,19-,21-/m1/s1. The summed E-state index contributed by atoms with van der Waals surface area (Å²) >= 11 is 0. The van der Waals surface area contributed by atoms with Gasteiger partial charge in [0.1, 0.15) is 24.4 Å². The molecule has 1 saturated heterocycles. The summed E-state index contributed by atoms with van der Waals surface area (Å²) in [5.41, 5.74) is 5.68. The smallest absolute Gasteiger partial charge is 0.189 e. The Morgan fingerprint density at radius 1 is 1.40 bits per heavy atom. The molecule has 0 spiro atoms. The van der Waals surface area contributed by atoms with Crippen molar-refractivity contribution < 1.29 is 17.9 Å². The number of nitrogens with one attached hydrogen (secondary N) is 1. The van der Waals surface area contributed by atoms with Gasteiger partial charge >= 0.3 is 0 Å². The van der Waals surface area contributed by atoms with Crippen LogP contribution >= 0.6 is 0 Å². The molecule has 1 fully saturated rings. The molecule has 3 N–H and O–H groups in total. The number of ether oxygens (including phenoxy) is 1. The fourth-order valence-corrected chi connectivity index (χ4v) is 3.94. The average Bonchev–Trinajstić information content (AvgIpc) is 3.13. The predicted octanol–water partition coefficient (Wildman–Crippen LogP) is 2.66. The van der Waals surface area contributed by atoms with Crippen LogP contribution in [-0.2, 0) is 10.3 Å². The molecule has 1 aromatic carbocycles. The van der Waals surface area contributed by atoms with E-state index >= 15 is 0 Å². The van der Waals surface area contributed by atoms with Crippen LogP contribution in [0.15, 0.2) is 41.5 Å². The zero-order valence-corrected chi connectivity index (χ0v) is 15.8. The lowest BCUT2D eigenvalue weighted by Crippen LogP contribution is -2.58. The van der Waals surface area contributed by atoms with E-state index in [1.54, 1.807) is 0 Å². The summed E-state index contributed by atoms with van der Waals surface area (Å²) < 4.78 is 48.5. The largest absolute Gasteiger partial charge is 0.372 e. The highest BCUT2D eigenvalue weighted by atomic mass is 19.1. The number of benzene rings is 1. The molecule has 0 aliphatic carbocycles. The minimum absolute atomic E-state index is 0.00617. The number of aromatic nitrogens is 1. The van der Waals surface area contributed by atoms with E-state index in [4.69, 9.17) is 15.7 Å². The summed E-state index contributed by atoms with van der Waals surface area (Å²) in [6, 6.07) is 8.89. The number of nitriles is 1. The Labute approximate surface area is 170 Å². The lowest BCUT2D eigenvalue weighted by Gasteiger charge is -2.39. The number of fused-ring (bicyclic) bond motifs is 1. The van der Waals surface area contributed by atoms with Crippen LogP contribution < -0.4 is 11.1 Å². The van der Waals surface area contributed by atoms with Gasteiger partial charge in [0.15, 0.2) is 5.96 Å². The maximum atomic E-state index is 14.9. The number of aliphatic imine (C=N–C) groups is 1. The second-order valence-electron chi connectivity index (χ2n) is 7.21. The van der Waals surface area contributed by atoms with Gasteiger partial charge in [-0.3, -0.25) is 9.98 Å². The quantitative estimate of drug-likeness (QED) is 0.804. The van der Waals surface area contributed by atoms with Crippen molar-refractivity contribution in [2.45, 2.75) is 11.6 Å². The molecule has 2 aliphatic heterocycles. The molecular weight excluding hydrogens is 395 g/mol. The Balaban J connectivity index is 1.73. The van der Waals surface area contributed by atoms with Crippen molar-refractivity contribution in [3.05, 3.63) is 64.7 Å². The second kappa shape index (κ2) is 7.80.